The summed E-state index contributed by atoms with van der Waals surface area (Å²) in [5, 5.41) is 3.43. The van der Waals surface area contributed by atoms with Gasteiger partial charge in [-0.3, -0.25) is 9.88 Å². The van der Waals surface area contributed by atoms with Crippen LogP contribution in [0.4, 0.5) is 5.82 Å². The topological polar surface area (TPSA) is 63.2 Å². The summed E-state index contributed by atoms with van der Waals surface area (Å²) in [7, 11) is 0. The molecule has 126 valence electrons. The Hall–Kier alpha value is -2.05. The zero-order valence-electron chi connectivity index (χ0n) is 13.8. The largest absolute Gasteiger partial charge is 0.378 e. The van der Waals surface area contributed by atoms with E-state index in [-0.39, 0.29) is 6.04 Å². The van der Waals surface area contributed by atoms with Crippen LogP contribution in [0.3, 0.4) is 0 Å². The second-order valence-electron chi connectivity index (χ2n) is 6.51. The SMILES string of the molecule is c1ccc(CN2CCOC[C@@H]2c2nccc(NCC3CC3)n2)nc1. The highest BCUT2D eigenvalue weighted by molar-refractivity contribution is 5.33. The molecule has 2 aromatic rings. The minimum atomic E-state index is 0.0726. The van der Waals surface area contributed by atoms with E-state index in [0.717, 1.165) is 49.5 Å². The van der Waals surface area contributed by atoms with Crippen molar-refractivity contribution in [3.8, 4) is 0 Å². The number of rotatable bonds is 6. The number of morpholine rings is 1. The lowest BCUT2D eigenvalue weighted by atomic mass is 10.2. The van der Waals surface area contributed by atoms with Gasteiger partial charge in [-0.2, -0.15) is 0 Å². The average molecular weight is 325 g/mol. The van der Waals surface area contributed by atoms with Crippen molar-refractivity contribution in [2.75, 3.05) is 31.6 Å². The second kappa shape index (κ2) is 7.23. The standard InChI is InChI=1S/C18H23N5O/c1-2-7-19-15(3-1)12-23-9-10-24-13-16(23)18-20-8-6-17(22-18)21-11-14-4-5-14/h1-3,6-8,14,16H,4-5,9-13H2,(H,20,21,22)/t16-/m1/s1. The van der Waals surface area contributed by atoms with Crippen LogP contribution in [-0.4, -0.2) is 46.2 Å². The summed E-state index contributed by atoms with van der Waals surface area (Å²) in [6.07, 6.45) is 6.34. The number of ether oxygens (including phenoxy) is 1. The zero-order chi connectivity index (χ0) is 16.2. The number of nitrogens with zero attached hydrogens (tertiary/aromatic N) is 4. The van der Waals surface area contributed by atoms with E-state index in [1.807, 2.05) is 30.6 Å². The van der Waals surface area contributed by atoms with E-state index in [9.17, 15) is 0 Å². The van der Waals surface area contributed by atoms with Crippen LogP contribution in [0.5, 0.6) is 0 Å². The first-order valence-corrected chi connectivity index (χ1v) is 8.67. The van der Waals surface area contributed by atoms with Gasteiger partial charge in [-0.1, -0.05) is 6.07 Å². The van der Waals surface area contributed by atoms with Gasteiger partial charge in [0.2, 0.25) is 0 Å². The van der Waals surface area contributed by atoms with Crippen molar-refractivity contribution in [3.63, 3.8) is 0 Å². The first-order valence-electron chi connectivity index (χ1n) is 8.67. The fourth-order valence-corrected chi connectivity index (χ4v) is 2.97. The van der Waals surface area contributed by atoms with E-state index in [1.54, 1.807) is 0 Å². The molecule has 2 fully saturated rings. The molecule has 1 aliphatic carbocycles. The van der Waals surface area contributed by atoms with Gasteiger partial charge in [0.15, 0.2) is 0 Å². The lowest BCUT2D eigenvalue weighted by Crippen LogP contribution is -2.40. The lowest BCUT2D eigenvalue weighted by Gasteiger charge is -2.34. The first kappa shape index (κ1) is 15.5. The molecule has 24 heavy (non-hydrogen) atoms. The van der Waals surface area contributed by atoms with Gasteiger partial charge in [-0.05, 0) is 37.0 Å². The van der Waals surface area contributed by atoms with Crippen LogP contribution < -0.4 is 5.32 Å². The highest BCUT2D eigenvalue weighted by Crippen LogP contribution is 2.29. The van der Waals surface area contributed by atoms with Crippen LogP contribution in [0, 0.1) is 5.92 Å². The Morgan fingerprint density at radius 2 is 2.12 bits per heavy atom. The van der Waals surface area contributed by atoms with Crippen LogP contribution in [0.15, 0.2) is 36.7 Å². The van der Waals surface area contributed by atoms with Gasteiger partial charge in [0, 0.05) is 32.0 Å². The number of aromatic nitrogens is 3. The van der Waals surface area contributed by atoms with Crippen molar-refractivity contribution >= 4 is 5.82 Å². The third-order valence-electron chi connectivity index (χ3n) is 4.57. The fraction of sp³-hybridized carbons (Fsp3) is 0.500. The third kappa shape index (κ3) is 3.88. The van der Waals surface area contributed by atoms with E-state index < -0.39 is 0 Å². The van der Waals surface area contributed by atoms with E-state index >= 15 is 0 Å². The number of nitrogens with one attached hydrogen (secondary N) is 1. The summed E-state index contributed by atoms with van der Waals surface area (Å²) < 4.78 is 5.69. The Kier molecular flexibility index (Phi) is 4.66. The summed E-state index contributed by atoms with van der Waals surface area (Å²) in [6, 6.07) is 8.04. The highest BCUT2D eigenvalue weighted by Gasteiger charge is 2.27. The molecule has 0 spiro atoms. The summed E-state index contributed by atoms with van der Waals surface area (Å²) in [6.45, 7) is 4.03. The minimum absolute atomic E-state index is 0.0726. The molecule has 2 aliphatic rings. The van der Waals surface area contributed by atoms with Crippen LogP contribution in [0.2, 0.25) is 0 Å². The van der Waals surface area contributed by atoms with Crippen LogP contribution in [0.25, 0.3) is 0 Å². The number of pyridine rings is 1. The molecule has 3 heterocycles. The monoisotopic (exact) mass is 325 g/mol. The van der Waals surface area contributed by atoms with Gasteiger partial charge in [0.25, 0.3) is 0 Å². The van der Waals surface area contributed by atoms with Crippen molar-refractivity contribution < 1.29 is 4.74 Å². The average Bonchev–Trinajstić information content (AvgIpc) is 3.46. The minimum Gasteiger partial charge on any atom is -0.378 e. The van der Waals surface area contributed by atoms with E-state index in [2.05, 4.69) is 26.3 Å². The molecule has 1 saturated heterocycles. The Morgan fingerprint density at radius 1 is 1.17 bits per heavy atom. The molecule has 0 unspecified atom stereocenters. The molecule has 1 N–H and O–H groups in total. The Labute approximate surface area is 142 Å². The molecule has 1 saturated carbocycles. The molecule has 6 heteroatoms. The van der Waals surface area contributed by atoms with Crippen LogP contribution >= 0.6 is 0 Å². The van der Waals surface area contributed by atoms with Crippen molar-refractivity contribution in [2.24, 2.45) is 5.92 Å². The molecule has 6 nitrogen and oxygen atoms in total. The van der Waals surface area contributed by atoms with Crippen molar-refractivity contribution in [1.29, 1.82) is 0 Å². The summed E-state index contributed by atoms with van der Waals surface area (Å²) in [4.78, 5) is 16.0. The fourth-order valence-electron chi connectivity index (χ4n) is 2.97. The van der Waals surface area contributed by atoms with Crippen molar-refractivity contribution in [2.45, 2.75) is 25.4 Å². The molecule has 1 atom stereocenters. The number of anilines is 1. The molecule has 4 rings (SSSR count). The molecular formula is C18H23N5O. The smallest absolute Gasteiger partial charge is 0.150 e. The molecule has 0 bridgehead atoms. The number of hydrogen-bond acceptors (Lipinski definition) is 6. The molecule has 0 aromatic carbocycles. The summed E-state index contributed by atoms with van der Waals surface area (Å²) in [5.41, 5.74) is 1.06. The zero-order valence-corrected chi connectivity index (χ0v) is 13.8. The van der Waals surface area contributed by atoms with E-state index in [0.29, 0.717) is 6.61 Å². The molecular weight excluding hydrogens is 302 g/mol. The van der Waals surface area contributed by atoms with Gasteiger partial charge >= 0.3 is 0 Å². The maximum atomic E-state index is 5.69. The predicted molar refractivity (Wildman–Crippen MR) is 91.5 cm³/mol. The maximum Gasteiger partial charge on any atom is 0.150 e. The van der Waals surface area contributed by atoms with Crippen LogP contribution in [-0.2, 0) is 11.3 Å². The van der Waals surface area contributed by atoms with Gasteiger partial charge in [-0.25, -0.2) is 9.97 Å². The van der Waals surface area contributed by atoms with Gasteiger partial charge < -0.3 is 10.1 Å². The third-order valence-corrected chi connectivity index (χ3v) is 4.57. The first-order chi connectivity index (χ1) is 11.9. The van der Waals surface area contributed by atoms with Crippen molar-refractivity contribution in [3.05, 3.63) is 48.2 Å². The van der Waals surface area contributed by atoms with Gasteiger partial charge in [0.05, 0.1) is 24.9 Å². The maximum absolute atomic E-state index is 5.69. The Morgan fingerprint density at radius 3 is 2.96 bits per heavy atom. The second-order valence-corrected chi connectivity index (χ2v) is 6.51. The summed E-state index contributed by atoms with van der Waals surface area (Å²) in [5.74, 6) is 2.56. The predicted octanol–water partition coefficient (Wildman–Crippen LogP) is 2.27. The molecule has 2 aromatic heterocycles. The van der Waals surface area contributed by atoms with Crippen molar-refractivity contribution in [1.82, 2.24) is 19.9 Å². The molecule has 0 amide bonds. The van der Waals surface area contributed by atoms with E-state index in [1.165, 1.54) is 12.8 Å². The molecule has 0 radical (unpaired) electrons. The lowest BCUT2D eigenvalue weighted by molar-refractivity contribution is -0.0164. The van der Waals surface area contributed by atoms with Crippen LogP contribution in [0.1, 0.15) is 30.4 Å². The quantitative estimate of drug-likeness (QED) is 0.879. The highest BCUT2D eigenvalue weighted by atomic mass is 16.5. The Bertz CT molecular complexity index is 661. The van der Waals surface area contributed by atoms with E-state index in [4.69, 9.17) is 9.72 Å². The normalized spacial score (nSPS) is 21.6. The summed E-state index contributed by atoms with van der Waals surface area (Å²) >= 11 is 0. The molecule has 1 aliphatic heterocycles. The van der Waals surface area contributed by atoms with Gasteiger partial charge in [-0.15, -0.1) is 0 Å². The number of hydrogen-bond donors (Lipinski definition) is 1. The Balaban J connectivity index is 1.48. The van der Waals surface area contributed by atoms with Gasteiger partial charge in [0.1, 0.15) is 11.6 Å².